The maximum atomic E-state index is 13.6. The summed E-state index contributed by atoms with van der Waals surface area (Å²) in [5.74, 6) is -0.663. The third kappa shape index (κ3) is 2.90. The number of amides is 1. The number of hydrogen-bond acceptors (Lipinski definition) is 3. The van der Waals surface area contributed by atoms with E-state index in [9.17, 15) is 14.0 Å². The van der Waals surface area contributed by atoms with Gasteiger partial charge in [0.1, 0.15) is 11.4 Å². The zero-order chi connectivity index (χ0) is 20.8. The van der Waals surface area contributed by atoms with E-state index in [4.69, 9.17) is 4.42 Å². The van der Waals surface area contributed by atoms with Crippen LogP contribution in [0.2, 0.25) is 0 Å². The Balaban J connectivity index is 1.74. The Bertz CT molecular complexity index is 1330. The molecule has 1 aliphatic rings. The summed E-state index contributed by atoms with van der Waals surface area (Å²) in [6, 6.07) is 20.1. The van der Waals surface area contributed by atoms with Gasteiger partial charge in [0.25, 0.3) is 5.91 Å². The van der Waals surface area contributed by atoms with Crippen molar-refractivity contribution in [2.75, 3.05) is 0 Å². The maximum absolute atomic E-state index is 13.6. The number of halogens is 1. The molecule has 2 heterocycles. The molecular formula is C25H18FNO3. The number of carbonyl (C=O) groups excluding carboxylic acids is 1. The van der Waals surface area contributed by atoms with Gasteiger partial charge in [-0.25, -0.2) is 4.39 Å². The Morgan fingerprint density at radius 3 is 2.43 bits per heavy atom. The first-order chi connectivity index (χ1) is 14.5. The second kappa shape index (κ2) is 6.95. The number of aryl methyl sites for hydroxylation is 1. The fourth-order valence-corrected chi connectivity index (χ4v) is 4.07. The van der Waals surface area contributed by atoms with Crippen molar-refractivity contribution in [3.63, 3.8) is 0 Å². The smallest absolute Gasteiger partial charge is 0.291 e. The number of hydrogen-bond donors (Lipinski definition) is 0. The predicted molar refractivity (Wildman–Crippen MR) is 112 cm³/mol. The van der Waals surface area contributed by atoms with Crippen molar-refractivity contribution in [1.82, 2.24) is 4.90 Å². The van der Waals surface area contributed by atoms with Crippen molar-refractivity contribution in [2.24, 2.45) is 0 Å². The van der Waals surface area contributed by atoms with Crippen molar-refractivity contribution < 1.29 is 13.6 Å². The lowest BCUT2D eigenvalue weighted by atomic mass is 9.98. The number of fused-ring (bicyclic) bond motifs is 2. The fraction of sp³-hybridized carbons (Fsp3) is 0.120. The van der Waals surface area contributed by atoms with Crippen LogP contribution in [0.5, 0.6) is 0 Å². The lowest BCUT2D eigenvalue weighted by molar-refractivity contribution is 0.0714. The fourth-order valence-electron chi connectivity index (χ4n) is 4.07. The molecule has 148 valence electrons. The van der Waals surface area contributed by atoms with Gasteiger partial charge in [-0.1, -0.05) is 54.1 Å². The van der Waals surface area contributed by atoms with E-state index in [0.29, 0.717) is 28.6 Å². The maximum Gasteiger partial charge on any atom is 0.291 e. The van der Waals surface area contributed by atoms with Crippen LogP contribution in [0.25, 0.3) is 11.0 Å². The molecule has 0 saturated carbocycles. The molecule has 1 unspecified atom stereocenters. The number of benzene rings is 3. The zero-order valence-electron chi connectivity index (χ0n) is 16.3. The van der Waals surface area contributed by atoms with Gasteiger partial charge in [-0.05, 0) is 42.3 Å². The molecule has 30 heavy (non-hydrogen) atoms. The highest BCUT2D eigenvalue weighted by Gasteiger charge is 2.42. The van der Waals surface area contributed by atoms with Gasteiger partial charge in [0.05, 0.1) is 17.0 Å². The number of carbonyl (C=O) groups is 1. The van der Waals surface area contributed by atoms with Gasteiger partial charge in [-0.2, -0.15) is 0 Å². The highest BCUT2D eigenvalue weighted by Crippen LogP contribution is 2.39. The van der Waals surface area contributed by atoms with E-state index >= 15 is 0 Å². The Labute approximate surface area is 172 Å². The van der Waals surface area contributed by atoms with Gasteiger partial charge in [0.2, 0.25) is 5.76 Å². The van der Waals surface area contributed by atoms with Crippen LogP contribution in [0.3, 0.4) is 0 Å². The first-order valence-electron chi connectivity index (χ1n) is 9.70. The summed E-state index contributed by atoms with van der Waals surface area (Å²) in [6.45, 7) is 2.21. The average Bonchev–Trinajstić information content (AvgIpc) is 3.02. The minimum atomic E-state index is -0.644. The van der Waals surface area contributed by atoms with Crippen LogP contribution in [0.15, 0.2) is 82.0 Å². The van der Waals surface area contributed by atoms with Crippen molar-refractivity contribution >= 4 is 16.9 Å². The van der Waals surface area contributed by atoms with Crippen molar-refractivity contribution in [3.05, 3.63) is 117 Å². The molecule has 3 aromatic carbocycles. The first kappa shape index (κ1) is 18.3. The van der Waals surface area contributed by atoms with Crippen LogP contribution in [0.1, 0.15) is 38.9 Å². The highest BCUT2D eigenvalue weighted by molar-refractivity contribution is 5.99. The lowest BCUT2D eigenvalue weighted by Crippen LogP contribution is -2.29. The minimum absolute atomic E-state index is 0.0570. The summed E-state index contributed by atoms with van der Waals surface area (Å²) in [6.07, 6.45) is 0. The third-order valence-corrected chi connectivity index (χ3v) is 5.50. The monoisotopic (exact) mass is 399 g/mol. The molecule has 1 aliphatic heterocycles. The summed E-state index contributed by atoms with van der Waals surface area (Å²) in [5, 5.41) is 0.440. The van der Waals surface area contributed by atoms with Crippen LogP contribution < -0.4 is 5.43 Å². The normalized spacial score (nSPS) is 15.6. The molecule has 0 bridgehead atoms. The lowest BCUT2D eigenvalue weighted by Gasteiger charge is -2.25. The highest BCUT2D eigenvalue weighted by atomic mass is 19.1. The molecule has 0 fully saturated rings. The first-order valence-corrected chi connectivity index (χ1v) is 9.70. The third-order valence-electron chi connectivity index (χ3n) is 5.50. The summed E-state index contributed by atoms with van der Waals surface area (Å²) < 4.78 is 19.5. The van der Waals surface area contributed by atoms with Crippen molar-refractivity contribution in [1.29, 1.82) is 0 Å². The second-order valence-corrected chi connectivity index (χ2v) is 7.55. The van der Waals surface area contributed by atoms with E-state index < -0.39 is 6.04 Å². The quantitative estimate of drug-likeness (QED) is 0.488. The average molecular weight is 399 g/mol. The van der Waals surface area contributed by atoms with Crippen LogP contribution in [-0.2, 0) is 6.54 Å². The van der Waals surface area contributed by atoms with Gasteiger partial charge in [-0.15, -0.1) is 0 Å². The SMILES string of the molecule is Cc1ccc2oc3c(c(=O)c2c1)C(c1ccc(F)cc1)N(Cc1ccccc1)C3=O. The summed E-state index contributed by atoms with van der Waals surface area (Å²) >= 11 is 0. The topological polar surface area (TPSA) is 50.5 Å². The van der Waals surface area contributed by atoms with E-state index in [1.807, 2.05) is 43.3 Å². The van der Waals surface area contributed by atoms with Gasteiger partial charge in [0, 0.05) is 6.54 Å². The Morgan fingerprint density at radius 1 is 0.967 bits per heavy atom. The molecule has 0 radical (unpaired) electrons. The zero-order valence-corrected chi connectivity index (χ0v) is 16.3. The van der Waals surface area contributed by atoms with Gasteiger partial charge >= 0.3 is 0 Å². The molecular weight excluding hydrogens is 381 g/mol. The Kier molecular flexibility index (Phi) is 4.24. The van der Waals surface area contributed by atoms with E-state index in [1.54, 1.807) is 29.2 Å². The molecule has 0 spiro atoms. The molecule has 4 nitrogen and oxygen atoms in total. The van der Waals surface area contributed by atoms with Crippen LogP contribution in [0, 0.1) is 12.7 Å². The Morgan fingerprint density at radius 2 is 1.70 bits per heavy atom. The van der Waals surface area contributed by atoms with E-state index in [0.717, 1.165) is 11.1 Å². The van der Waals surface area contributed by atoms with Crippen LogP contribution >= 0.6 is 0 Å². The molecule has 1 atom stereocenters. The van der Waals surface area contributed by atoms with Gasteiger partial charge in [0.15, 0.2) is 5.43 Å². The van der Waals surface area contributed by atoms with Crippen LogP contribution in [-0.4, -0.2) is 10.8 Å². The number of nitrogens with zero attached hydrogens (tertiary/aromatic N) is 1. The van der Waals surface area contributed by atoms with Crippen molar-refractivity contribution in [2.45, 2.75) is 19.5 Å². The molecule has 0 aliphatic carbocycles. The van der Waals surface area contributed by atoms with Crippen molar-refractivity contribution in [3.8, 4) is 0 Å². The van der Waals surface area contributed by atoms with E-state index in [1.165, 1.54) is 12.1 Å². The molecule has 4 aromatic rings. The minimum Gasteiger partial charge on any atom is -0.450 e. The standard InChI is InChI=1S/C25H18FNO3/c1-15-7-12-20-19(13-15)23(28)21-22(17-8-10-18(26)11-9-17)27(25(29)24(21)30-20)14-16-5-3-2-4-6-16/h2-13,22H,14H2,1H3. The summed E-state index contributed by atoms with van der Waals surface area (Å²) in [5.41, 5.74) is 2.99. The molecule has 5 rings (SSSR count). The van der Waals surface area contributed by atoms with Crippen LogP contribution in [0.4, 0.5) is 4.39 Å². The second-order valence-electron chi connectivity index (χ2n) is 7.55. The molecule has 0 N–H and O–H groups in total. The molecule has 5 heteroatoms. The molecule has 1 aromatic heterocycles. The van der Waals surface area contributed by atoms with Gasteiger partial charge < -0.3 is 9.32 Å². The largest absolute Gasteiger partial charge is 0.450 e. The molecule has 1 amide bonds. The van der Waals surface area contributed by atoms with E-state index in [-0.39, 0.29) is 22.9 Å². The summed E-state index contributed by atoms with van der Waals surface area (Å²) in [7, 11) is 0. The summed E-state index contributed by atoms with van der Waals surface area (Å²) in [4.78, 5) is 28.4. The molecule has 0 saturated heterocycles. The Hall–Kier alpha value is -3.73. The van der Waals surface area contributed by atoms with Gasteiger partial charge in [-0.3, -0.25) is 9.59 Å². The predicted octanol–water partition coefficient (Wildman–Crippen LogP) is 4.99. The van der Waals surface area contributed by atoms with E-state index in [2.05, 4.69) is 0 Å². The number of rotatable bonds is 3.